The largest absolute Gasteiger partial charge is 0.103 e. The van der Waals surface area contributed by atoms with Crippen molar-refractivity contribution in [2.24, 2.45) is 5.92 Å². The summed E-state index contributed by atoms with van der Waals surface area (Å²) in [5, 5.41) is 0. The third-order valence-corrected chi connectivity index (χ3v) is 2.39. The van der Waals surface area contributed by atoms with E-state index in [9.17, 15) is 0 Å². The molecule has 0 rings (SSSR count). The highest BCUT2D eigenvalue weighted by Gasteiger charge is 1.98. The summed E-state index contributed by atoms with van der Waals surface area (Å²) in [5.41, 5.74) is 0. The second-order valence-electron chi connectivity index (χ2n) is 3.95. The standard InChI is InChI=1S/C14H24/c1-4-6-8-9-10-11-13-14(3)12-7-5-2/h14H,1-2,4-8,11-13H2,3H3. The molecule has 0 aliphatic carbocycles. The molecule has 0 spiro atoms. The predicted molar refractivity (Wildman–Crippen MR) is 64.6 cm³/mol. The van der Waals surface area contributed by atoms with Crippen molar-refractivity contribution >= 4 is 0 Å². The van der Waals surface area contributed by atoms with Gasteiger partial charge >= 0.3 is 0 Å². The molecule has 80 valence electrons. The maximum atomic E-state index is 3.85. The summed E-state index contributed by atoms with van der Waals surface area (Å²) in [6.07, 6.45) is 9.13. The molecule has 0 N–H and O–H groups in total. The number of hydrogen-bond acceptors (Lipinski definition) is 0. The van der Waals surface area contributed by atoms with Gasteiger partial charge in [0.2, 0.25) is 0 Å². The van der Waals surface area contributed by atoms with Gasteiger partial charge in [0.05, 0.1) is 0 Å². The Hall–Kier alpha value is -0.440. The van der Waals surface area contributed by atoms with E-state index in [4.69, 9.17) is 0 Å². The first-order chi connectivity index (χ1) is 6.81. The van der Waals surface area contributed by atoms with E-state index in [1.54, 1.807) is 0 Å². The third-order valence-electron chi connectivity index (χ3n) is 2.39. The van der Waals surface area contributed by atoms with Gasteiger partial charge in [0, 0.05) is 12.8 Å². The van der Waals surface area contributed by atoms with Gasteiger partial charge in [-0.3, -0.25) is 0 Å². The highest BCUT2D eigenvalue weighted by atomic mass is 14.0. The van der Waals surface area contributed by atoms with Crippen molar-refractivity contribution in [2.75, 3.05) is 0 Å². The van der Waals surface area contributed by atoms with Crippen molar-refractivity contribution in [1.29, 1.82) is 0 Å². The smallest absolute Gasteiger partial charge is 0.00912 e. The summed E-state index contributed by atoms with van der Waals surface area (Å²) in [7, 11) is 0. The fourth-order valence-electron chi connectivity index (χ4n) is 1.35. The topological polar surface area (TPSA) is 0 Å². The maximum Gasteiger partial charge on any atom is 0.00912 e. The van der Waals surface area contributed by atoms with Crippen molar-refractivity contribution in [3.05, 3.63) is 13.8 Å². The molecular weight excluding hydrogens is 168 g/mol. The zero-order valence-electron chi connectivity index (χ0n) is 9.65. The summed E-state index contributed by atoms with van der Waals surface area (Å²) < 4.78 is 0. The van der Waals surface area contributed by atoms with E-state index < -0.39 is 0 Å². The van der Waals surface area contributed by atoms with Crippen LogP contribution in [0.2, 0.25) is 0 Å². The SMILES string of the molecule is [CH2]CCCC#CCCC(C)CCC[CH2]. The Balaban J connectivity index is 3.27. The van der Waals surface area contributed by atoms with Crippen LogP contribution < -0.4 is 0 Å². The Labute approximate surface area is 90.5 Å². The quantitative estimate of drug-likeness (QED) is 0.414. The van der Waals surface area contributed by atoms with Gasteiger partial charge in [-0.15, -0.1) is 11.8 Å². The van der Waals surface area contributed by atoms with Crippen LogP contribution in [0.25, 0.3) is 0 Å². The summed E-state index contributed by atoms with van der Waals surface area (Å²) in [6.45, 7) is 9.96. The van der Waals surface area contributed by atoms with Crippen molar-refractivity contribution in [1.82, 2.24) is 0 Å². The molecule has 0 heteroatoms. The minimum Gasteiger partial charge on any atom is -0.103 e. The van der Waals surface area contributed by atoms with Crippen LogP contribution >= 0.6 is 0 Å². The van der Waals surface area contributed by atoms with Crippen LogP contribution in [0, 0.1) is 31.6 Å². The van der Waals surface area contributed by atoms with Gasteiger partial charge in [0.15, 0.2) is 0 Å². The van der Waals surface area contributed by atoms with E-state index in [0.29, 0.717) is 0 Å². The van der Waals surface area contributed by atoms with E-state index in [1.807, 2.05) is 0 Å². The van der Waals surface area contributed by atoms with Crippen LogP contribution in [-0.4, -0.2) is 0 Å². The van der Waals surface area contributed by atoms with Crippen LogP contribution in [0.3, 0.4) is 0 Å². The second-order valence-corrected chi connectivity index (χ2v) is 3.95. The first kappa shape index (κ1) is 13.6. The summed E-state index contributed by atoms with van der Waals surface area (Å²) in [5.74, 6) is 7.25. The summed E-state index contributed by atoms with van der Waals surface area (Å²) in [6, 6.07) is 0. The molecule has 2 radical (unpaired) electrons. The number of unbranched alkanes of at least 4 members (excludes halogenated alkanes) is 3. The molecule has 0 bridgehead atoms. The highest BCUT2D eigenvalue weighted by molar-refractivity contribution is 4.98. The van der Waals surface area contributed by atoms with Gasteiger partial charge in [0.25, 0.3) is 0 Å². The lowest BCUT2D eigenvalue weighted by Crippen LogP contribution is -1.93. The van der Waals surface area contributed by atoms with Gasteiger partial charge in [0.1, 0.15) is 0 Å². The Kier molecular flexibility index (Phi) is 10.3. The van der Waals surface area contributed by atoms with Crippen LogP contribution in [-0.2, 0) is 0 Å². The first-order valence-corrected chi connectivity index (χ1v) is 5.85. The fourth-order valence-corrected chi connectivity index (χ4v) is 1.35. The number of hydrogen-bond donors (Lipinski definition) is 0. The van der Waals surface area contributed by atoms with Gasteiger partial charge < -0.3 is 0 Å². The molecule has 14 heavy (non-hydrogen) atoms. The molecule has 1 unspecified atom stereocenters. The minimum atomic E-state index is 0.818. The Morgan fingerprint density at radius 1 is 0.929 bits per heavy atom. The fraction of sp³-hybridized carbons (Fsp3) is 0.714. The molecule has 0 saturated heterocycles. The molecule has 0 nitrogen and oxygen atoms in total. The van der Waals surface area contributed by atoms with Crippen molar-refractivity contribution < 1.29 is 0 Å². The Bertz CT molecular complexity index is 159. The Morgan fingerprint density at radius 2 is 1.57 bits per heavy atom. The minimum absolute atomic E-state index is 0.818. The monoisotopic (exact) mass is 192 g/mol. The molecule has 0 fully saturated rings. The normalized spacial score (nSPS) is 11.9. The lowest BCUT2D eigenvalue weighted by molar-refractivity contribution is 0.483. The van der Waals surface area contributed by atoms with Gasteiger partial charge in [-0.2, -0.15) is 0 Å². The molecule has 0 aliphatic heterocycles. The lowest BCUT2D eigenvalue weighted by Gasteiger charge is -2.06. The molecule has 0 aromatic heterocycles. The van der Waals surface area contributed by atoms with E-state index in [0.717, 1.165) is 38.0 Å². The molecule has 0 aliphatic rings. The van der Waals surface area contributed by atoms with Crippen LogP contribution in [0.1, 0.15) is 58.3 Å². The van der Waals surface area contributed by atoms with Gasteiger partial charge in [-0.25, -0.2) is 0 Å². The molecule has 0 saturated carbocycles. The van der Waals surface area contributed by atoms with Crippen LogP contribution in [0.15, 0.2) is 0 Å². The van der Waals surface area contributed by atoms with Gasteiger partial charge in [-0.05, 0) is 18.8 Å². The van der Waals surface area contributed by atoms with Crippen LogP contribution in [0.4, 0.5) is 0 Å². The molecule has 0 amide bonds. The van der Waals surface area contributed by atoms with Gasteiger partial charge in [-0.1, -0.05) is 46.5 Å². The third kappa shape index (κ3) is 9.65. The van der Waals surface area contributed by atoms with Crippen molar-refractivity contribution in [2.45, 2.75) is 58.3 Å². The predicted octanol–water partition coefficient (Wildman–Crippen LogP) is 4.41. The van der Waals surface area contributed by atoms with Crippen molar-refractivity contribution in [3.8, 4) is 11.8 Å². The highest BCUT2D eigenvalue weighted by Crippen LogP contribution is 2.12. The molecule has 0 aromatic rings. The van der Waals surface area contributed by atoms with E-state index in [-0.39, 0.29) is 0 Å². The first-order valence-electron chi connectivity index (χ1n) is 5.85. The molecule has 0 aromatic carbocycles. The molecule has 1 atom stereocenters. The van der Waals surface area contributed by atoms with Crippen molar-refractivity contribution in [3.63, 3.8) is 0 Å². The molecular formula is C14H24. The average Bonchev–Trinajstić information content (AvgIpc) is 2.20. The summed E-state index contributed by atoms with van der Waals surface area (Å²) >= 11 is 0. The van der Waals surface area contributed by atoms with E-state index >= 15 is 0 Å². The average molecular weight is 192 g/mol. The van der Waals surface area contributed by atoms with E-state index in [2.05, 4.69) is 32.6 Å². The molecule has 0 heterocycles. The van der Waals surface area contributed by atoms with Crippen LogP contribution in [0.5, 0.6) is 0 Å². The number of rotatable bonds is 7. The lowest BCUT2D eigenvalue weighted by atomic mass is 9.99. The Morgan fingerprint density at radius 3 is 2.21 bits per heavy atom. The second kappa shape index (κ2) is 10.6. The zero-order valence-corrected chi connectivity index (χ0v) is 9.65. The summed E-state index contributed by atoms with van der Waals surface area (Å²) in [4.78, 5) is 0. The zero-order chi connectivity index (χ0) is 10.6. The maximum absolute atomic E-state index is 3.85. The van der Waals surface area contributed by atoms with E-state index in [1.165, 1.54) is 19.3 Å².